The lowest BCUT2D eigenvalue weighted by Gasteiger charge is -2.18. The van der Waals surface area contributed by atoms with Gasteiger partial charge in [0.2, 0.25) is 0 Å². The number of nitrogens with zero attached hydrogens (tertiary/aromatic N) is 4. The quantitative estimate of drug-likeness (QED) is 0.449. The number of rotatable bonds is 6. The molecule has 0 spiro atoms. The van der Waals surface area contributed by atoms with E-state index in [0.29, 0.717) is 24.6 Å². The van der Waals surface area contributed by atoms with Crippen LogP contribution in [-0.2, 0) is 17.9 Å². The summed E-state index contributed by atoms with van der Waals surface area (Å²) < 4.78 is 15.0. The Labute approximate surface area is 192 Å². The Balaban J connectivity index is 1.39. The lowest BCUT2D eigenvalue weighted by atomic mass is 10.1. The molecule has 0 saturated carbocycles. The van der Waals surface area contributed by atoms with Crippen molar-refractivity contribution in [2.75, 3.05) is 13.7 Å². The van der Waals surface area contributed by atoms with Crippen LogP contribution in [-0.4, -0.2) is 38.9 Å². The number of aryl methyl sites for hydroxylation is 2. The van der Waals surface area contributed by atoms with Crippen LogP contribution in [0.15, 0.2) is 67.0 Å². The third-order valence-electron chi connectivity index (χ3n) is 5.91. The summed E-state index contributed by atoms with van der Waals surface area (Å²) in [5, 5.41) is 4.93. The van der Waals surface area contributed by atoms with Crippen molar-refractivity contribution in [1.82, 2.24) is 19.2 Å². The fourth-order valence-electron chi connectivity index (χ4n) is 4.26. The van der Waals surface area contributed by atoms with Gasteiger partial charge in [-0.05, 0) is 49.7 Å². The summed E-state index contributed by atoms with van der Waals surface area (Å²) in [6.45, 7) is 5.10. The Bertz CT molecular complexity index is 1310. The molecule has 168 valence electrons. The molecule has 0 unspecified atom stereocenters. The van der Waals surface area contributed by atoms with E-state index in [0.717, 1.165) is 28.3 Å². The Kier molecular flexibility index (Phi) is 5.38. The van der Waals surface area contributed by atoms with Crippen molar-refractivity contribution in [2.45, 2.75) is 26.9 Å². The van der Waals surface area contributed by atoms with E-state index in [9.17, 15) is 4.79 Å². The monoisotopic (exact) mass is 442 g/mol. The molecule has 5 rings (SSSR count). The van der Waals surface area contributed by atoms with Crippen molar-refractivity contribution in [1.29, 1.82) is 0 Å². The number of amides is 1. The summed E-state index contributed by atoms with van der Waals surface area (Å²) in [6.07, 6.45) is 4.02. The van der Waals surface area contributed by atoms with Gasteiger partial charge < -0.3 is 18.9 Å². The molecule has 2 aromatic carbocycles. The highest BCUT2D eigenvalue weighted by Gasteiger charge is 2.31. The zero-order chi connectivity index (χ0) is 22.9. The second kappa shape index (κ2) is 8.50. The first-order valence-corrected chi connectivity index (χ1v) is 10.9. The van der Waals surface area contributed by atoms with Gasteiger partial charge in [0.1, 0.15) is 17.3 Å². The zero-order valence-electron chi connectivity index (χ0n) is 19.0. The molecule has 2 aromatic heterocycles. The molecule has 0 N–H and O–H groups in total. The maximum Gasteiger partial charge on any atom is 0.261 e. The molecule has 0 aliphatic carbocycles. The second-order valence-corrected chi connectivity index (χ2v) is 8.26. The molecular weight excluding hydrogens is 416 g/mol. The van der Waals surface area contributed by atoms with Crippen LogP contribution >= 0.6 is 0 Å². The first-order valence-electron chi connectivity index (χ1n) is 10.9. The Morgan fingerprint density at radius 2 is 1.79 bits per heavy atom. The predicted octanol–water partition coefficient (Wildman–Crippen LogP) is 4.21. The van der Waals surface area contributed by atoms with Crippen molar-refractivity contribution in [2.24, 2.45) is 0 Å². The Hall–Kier alpha value is -4.00. The second-order valence-electron chi connectivity index (χ2n) is 8.26. The van der Waals surface area contributed by atoms with E-state index in [-0.39, 0.29) is 12.5 Å². The van der Waals surface area contributed by atoms with E-state index in [1.807, 2.05) is 47.4 Å². The summed E-state index contributed by atoms with van der Waals surface area (Å²) in [4.78, 5) is 14.7. The van der Waals surface area contributed by atoms with Gasteiger partial charge in [0, 0.05) is 24.0 Å². The van der Waals surface area contributed by atoms with Gasteiger partial charge in [0.05, 0.1) is 31.6 Å². The van der Waals surface area contributed by atoms with Gasteiger partial charge >= 0.3 is 0 Å². The van der Waals surface area contributed by atoms with Crippen LogP contribution in [0.2, 0.25) is 0 Å². The van der Waals surface area contributed by atoms with Crippen molar-refractivity contribution in [3.8, 4) is 23.0 Å². The van der Waals surface area contributed by atoms with Crippen LogP contribution < -0.4 is 9.47 Å². The molecule has 0 radical (unpaired) electrons. The number of methoxy groups -OCH3 is 1. The molecule has 0 saturated heterocycles. The number of aromatic nitrogens is 3. The number of carbonyl (C=O) groups is 1. The van der Waals surface area contributed by atoms with E-state index in [1.165, 1.54) is 5.56 Å². The highest BCUT2D eigenvalue weighted by molar-refractivity contribution is 5.78. The van der Waals surface area contributed by atoms with E-state index in [1.54, 1.807) is 18.1 Å². The molecule has 7 heteroatoms. The van der Waals surface area contributed by atoms with E-state index < -0.39 is 0 Å². The Morgan fingerprint density at radius 3 is 2.55 bits per heavy atom. The smallest absolute Gasteiger partial charge is 0.261 e. The maximum atomic E-state index is 12.9. The van der Waals surface area contributed by atoms with Crippen molar-refractivity contribution >= 4 is 5.91 Å². The molecule has 1 amide bonds. The number of hydrogen-bond acceptors (Lipinski definition) is 4. The number of ether oxygens (including phenoxy) is 2. The highest BCUT2D eigenvalue weighted by Crippen LogP contribution is 2.31. The summed E-state index contributed by atoms with van der Waals surface area (Å²) in [7, 11) is 1.60. The molecular formula is C26H26N4O3. The Morgan fingerprint density at radius 1 is 1.00 bits per heavy atom. The molecule has 33 heavy (non-hydrogen) atoms. The molecule has 7 nitrogen and oxygen atoms in total. The van der Waals surface area contributed by atoms with E-state index in [4.69, 9.17) is 14.6 Å². The standard InChI is InChI=1S/C26H26N4O3/c1-18-9-10-24(19(2)13-18)30-26(28-11-4-5-12-28)22-15-29(16-23(22)27-30)25(31)17-33-21-8-6-7-20(14-21)32-3/h4-14H,15-17H2,1-3H3. The van der Waals surface area contributed by atoms with Gasteiger partial charge in [-0.1, -0.05) is 23.8 Å². The average molecular weight is 443 g/mol. The first-order chi connectivity index (χ1) is 16.0. The third kappa shape index (κ3) is 3.98. The molecule has 0 bridgehead atoms. The molecule has 1 aliphatic heterocycles. The van der Waals surface area contributed by atoms with Gasteiger partial charge in [0.25, 0.3) is 5.91 Å². The summed E-state index contributed by atoms with van der Waals surface area (Å²) >= 11 is 0. The van der Waals surface area contributed by atoms with Crippen LogP contribution in [0, 0.1) is 13.8 Å². The lowest BCUT2D eigenvalue weighted by Crippen LogP contribution is -2.31. The van der Waals surface area contributed by atoms with Gasteiger partial charge in [-0.3, -0.25) is 4.79 Å². The highest BCUT2D eigenvalue weighted by atomic mass is 16.5. The number of benzene rings is 2. The summed E-state index contributed by atoms with van der Waals surface area (Å²) in [5.41, 5.74) is 5.38. The van der Waals surface area contributed by atoms with Crippen molar-refractivity contribution in [3.63, 3.8) is 0 Å². The van der Waals surface area contributed by atoms with Crippen LogP contribution in [0.4, 0.5) is 0 Å². The first kappa shape index (κ1) is 20.9. The van der Waals surface area contributed by atoms with Gasteiger partial charge in [-0.2, -0.15) is 5.10 Å². The van der Waals surface area contributed by atoms with E-state index >= 15 is 0 Å². The summed E-state index contributed by atoms with van der Waals surface area (Å²) in [5.74, 6) is 2.18. The van der Waals surface area contributed by atoms with E-state index in [2.05, 4.69) is 36.6 Å². The van der Waals surface area contributed by atoms with Crippen LogP contribution in [0.3, 0.4) is 0 Å². The average Bonchev–Trinajstić information content (AvgIpc) is 3.54. The van der Waals surface area contributed by atoms with Crippen LogP contribution in [0.5, 0.6) is 11.5 Å². The molecule has 0 atom stereocenters. The van der Waals surface area contributed by atoms with Gasteiger partial charge in [-0.15, -0.1) is 0 Å². The number of hydrogen-bond donors (Lipinski definition) is 0. The number of fused-ring (bicyclic) bond motifs is 1. The summed E-state index contributed by atoms with van der Waals surface area (Å²) in [6, 6.07) is 17.6. The fourth-order valence-corrected chi connectivity index (χ4v) is 4.26. The zero-order valence-corrected chi connectivity index (χ0v) is 19.0. The van der Waals surface area contributed by atoms with Gasteiger partial charge in [-0.25, -0.2) is 4.68 Å². The third-order valence-corrected chi connectivity index (χ3v) is 5.91. The maximum absolute atomic E-state index is 12.9. The fraction of sp³-hybridized carbons (Fsp3) is 0.231. The molecule has 4 aromatic rings. The normalized spacial score (nSPS) is 12.6. The lowest BCUT2D eigenvalue weighted by molar-refractivity contribution is -0.134. The SMILES string of the molecule is COc1cccc(OCC(=O)N2Cc3nn(-c4ccc(C)cc4C)c(-n4cccc4)c3C2)c1. The molecule has 0 fully saturated rings. The topological polar surface area (TPSA) is 61.5 Å². The minimum atomic E-state index is -0.0765. The van der Waals surface area contributed by atoms with Crippen molar-refractivity contribution in [3.05, 3.63) is 89.4 Å². The largest absolute Gasteiger partial charge is 0.497 e. The van der Waals surface area contributed by atoms with Crippen molar-refractivity contribution < 1.29 is 14.3 Å². The van der Waals surface area contributed by atoms with Crippen LogP contribution in [0.1, 0.15) is 22.4 Å². The molecule has 1 aliphatic rings. The number of carbonyl (C=O) groups excluding carboxylic acids is 1. The minimum absolute atomic E-state index is 0.0344. The minimum Gasteiger partial charge on any atom is -0.497 e. The molecule has 3 heterocycles. The predicted molar refractivity (Wildman–Crippen MR) is 125 cm³/mol. The van der Waals surface area contributed by atoms with Crippen LogP contribution in [0.25, 0.3) is 11.5 Å². The van der Waals surface area contributed by atoms with Gasteiger partial charge in [0.15, 0.2) is 6.61 Å².